The first-order valence-electron chi connectivity index (χ1n) is 6.08. The van der Waals surface area contributed by atoms with Gasteiger partial charge in [-0.25, -0.2) is 4.98 Å². The Bertz CT molecular complexity index is 474. The van der Waals surface area contributed by atoms with E-state index in [2.05, 4.69) is 41.0 Å². The summed E-state index contributed by atoms with van der Waals surface area (Å²) in [6.07, 6.45) is 2.10. The van der Waals surface area contributed by atoms with E-state index in [4.69, 9.17) is 4.98 Å². The highest BCUT2D eigenvalue weighted by Crippen LogP contribution is 2.18. The number of hydrogen-bond acceptors (Lipinski definition) is 3. The number of benzene rings is 1. The van der Waals surface area contributed by atoms with Crippen LogP contribution >= 0.6 is 11.3 Å². The molecule has 0 amide bonds. The van der Waals surface area contributed by atoms with E-state index in [1.54, 1.807) is 0 Å². The second kappa shape index (κ2) is 4.98. The van der Waals surface area contributed by atoms with Gasteiger partial charge in [0, 0.05) is 18.2 Å². The molecule has 1 fully saturated rings. The van der Waals surface area contributed by atoms with Crippen LogP contribution in [0.25, 0.3) is 0 Å². The topological polar surface area (TPSA) is 24.9 Å². The van der Waals surface area contributed by atoms with Gasteiger partial charge in [-0.2, -0.15) is 0 Å². The molecule has 0 bridgehead atoms. The summed E-state index contributed by atoms with van der Waals surface area (Å²) in [5.41, 5.74) is 2.55. The van der Waals surface area contributed by atoms with Gasteiger partial charge in [-0.1, -0.05) is 30.3 Å². The molecule has 3 rings (SSSR count). The maximum absolute atomic E-state index is 4.72. The normalized spacial score (nSPS) is 15.8. The number of hydrogen-bond donors (Lipinski definition) is 1. The molecule has 1 aromatic carbocycles. The zero-order valence-electron chi connectivity index (χ0n) is 9.73. The summed E-state index contributed by atoms with van der Waals surface area (Å²) in [6.45, 7) is 2.32. The van der Waals surface area contributed by atoms with Crippen molar-refractivity contribution < 1.29 is 0 Å². The minimum Gasteiger partial charge on any atom is -0.316 e. The molecule has 0 saturated carbocycles. The van der Waals surface area contributed by atoms with Crippen molar-refractivity contribution in [1.29, 1.82) is 0 Å². The van der Waals surface area contributed by atoms with E-state index in [1.807, 2.05) is 11.3 Å². The van der Waals surface area contributed by atoms with Crippen molar-refractivity contribution >= 4 is 11.3 Å². The molecular formula is C14H16N2S. The van der Waals surface area contributed by atoms with Crippen molar-refractivity contribution in [1.82, 2.24) is 10.3 Å². The lowest BCUT2D eigenvalue weighted by Gasteiger charge is -2.25. The first kappa shape index (κ1) is 10.9. The van der Waals surface area contributed by atoms with E-state index in [-0.39, 0.29) is 0 Å². The Morgan fingerprint density at radius 1 is 1.24 bits per heavy atom. The van der Waals surface area contributed by atoms with Gasteiger partial charge < -0.3 is 5.32 Å². The first-order valence-corrected chi connectivity index (χ1v) is 6.96. The monoisotopic (exact) mass is 244 g/mol. The van der Waals surface area contributed by atoms with Gasteiger partial charge in [0.2, 0.25) is 0 Å². The molecule has 88 valence electrons. The molecule has 1 saturated heterocycles. The predicted octanol–water partition coefficient (Wildman–Crippen LogP) is 2.50. The third kappa shape index (κ3) is 2.73. The minimum absolute atomic E-state index is 0.811. The lowest BCUT2D eigenvalue weighted by molar-refractivity contribution is 0.346. The third-order valence-electron chi connectivity index (χ3n) is 3.16. The Balaban J connectivity index is 1.64. The van der Waals surface area contributed by atoms with Crippen molar-refractivity contribution in [2.75, 3.05) is 13.1 Å². The fourth-order valence-corrected chi connectivity index (χ4v) is 2.98. The van der Waals surface area contributed by atoms with Crippen LogP contribution in [-0.4, -0.2) is 18.1 Å². The Morgan fingerprint density at radius 2 is 2.06 bits per heavy atom. The zero-order chi connectivity index (χ0) is 11.5. The smallest absolute Gasteiger partial charge is 0.0932 e. The lowest BCUT2D eigenvalue weighted by atomic mass is 10.0. The Morgan fingerprint density at radius 3 is 2.76 bits per heavy atom. The van der Waals surface area contributed by atoms with Crippen LogP contribution in [0.1, 0.15) is 16.3 Å². The highest BCUT2D eigenvalue weighted by atomic mass is 32.1. The van der Waals surface area contributed by atoms with Crippen molar-refractivity contribution in [2.24, 2.45) is 5.92 Å². The van der Waals surface area contributed by atoms with E-state index in [9.17, 15) is 0 Å². The van der Waals surface area contributed by atoms with Crippen molar-refractivity contribution in [3.8, 4) is 0 Å². The minimum atomic E-state index is 0.811. The highest BCUT2D eigenvalue weighted by molar-refractivity contribution is 7.09. The van der Waals surface area contributed by atoms with E-state index in [0.717, 1.165) is 31.8 Å². The third-order valence-corrected chi connectivity index (χ3v) is 4.08. The summed E-state index contributed by atoms with van der Waals surface area (Å²) in [5.74, 6) is 0.811. The van der Waals surface area contributed by atoms with Gasteiger partial charge in [-0.15, -0.1) is 11.3 Å². The molecule has 2 aromatic rings. The quantitative estimate of drug-likeness (QED) is 0.894. The zero-order valence-corrected chi connectivity index (χ0v) is 10.5. The fraction of sp³-hybridized carbons (Fsp3) is 0.357. The summed E-state index contributed by atoms with van der Waals surface area (Å²) in [5, 5.41) is 6.80. The van der Waals surface area contributed by atoms with Gasteiger partial charge in [0.05, 0.1) is 10.7 Å². The molecule has 3 heteroatoms. The van der Waals surface area contributed by atoms with Gasteiger partial charge in [0.15, 0.2) is 0 Å². The molecule has 0 atom stereocenters. The van der Waals surface area contributed by atoms with Crippen molar-refractivity contribution in [3.63, 3.8) is 0 Å². The van der Waals surface area contributed by atoms with Crippen LogP contribution in [0.5, 0.6) is 0 Å². The molecule has 2 heterocycles. The maximum Gasteiger partial charge on any atom is 0.0932 e. The number of rotatable bonds is 4. The molecular weight excluding hydrogens is 228 g/mol. The SMILES string of the molecule is c1ccc(Cc2csc(CC3CNC3)n2)cc1. The van der Waals surface area contributed by atoms with Crippen LogP contribution in [0, 0.1) is 5.92 Å². The van der Waals surface area contributed by atoms with Gasteiger partial charge >= 0.3 is 0 Å². The summed E-state index contributed by atoms with van der Waals surface area (Å²) >= 11 is 1.81. The average Bonchev–Trinajstić information content (AvgIpc) is 2.73. The maximum atomic E-state index is 4.72. The molecule has 1 N–H and O–H groups in total. The molecule has 2 nitrogen and oxygen atoms in total. The number of aromatic nitrogens is 1. The molecule has 17 heavy (non-hydrogen) atoms. The van der Waals surface area contributed by atoms with Crippen molar-refractivity contribution in [3.05, 3.63) is 52.0 Å². The Labute approximate surface area is 106 Å². The summed E-state index contributed by atoms with van der Waals surface area (Å²) < 4.78 is 0. The van der Waals surface area contributed by atoms with Crippen molar-refractivity contribution in [2.45, 2.75) is 12.8 Å². The van der Waals surface area contributed by atoms with Gasteiger partial charge in [0.25, 0.3) is 0 Å². The van der Waals surface area contributed by atoms with E-state index >= 15 is 0 Å². The number of thiazole rings is 1. The van der Waals surface area contributed by atoms with Gasteiger partial charge in [-0.05, 0) is 24.6 Å². The molecule has 0 unspecified atom stereocenters. The summed E-state index contributed by atoms with van der Waals surface area (Å²) in [4.78, 5) is 4.72. The number of nitrogens with one attached hydrogen (secondary N) is 1. The molecule has 0 radical (unpaired) electrons. The molecule has 0 spiro atoms. The molecule has 1 aliphatic rings. The standard InChI is InChI=1S/C14H16N2S/c1-2-4-11(5-3-1)6-13-10-17-14(16-13)7-12-8-15-9-12/h1-5,10,12,15H,6-9H2. The average molecular weight is 244 g/mol. The van der Waals surface area contributed by atoms with Crippen LogP contribution < -0.4 is 5.32 Å². The van der Waals surface area contributed by atoms with E-state index in [1.165, 1.54) is 16.3 Å². The second-order valence-corrected chi connectivity index (χ2v) is 5.57. The molecule has 1 aliphatic heterocycles. The Hall–Kier alpha value is -1.19. The second-order valence-electron chi connectivity index (χ2n) is 4.62. The van der Waals surface area contributed by atoms with Gasteiger partial charge in [-0.3, -0.25) is 0 Å². The van der Waals surface area contributed by atoms with Crippen LogP contribution in [-0.2, 0) is 12.8 Å². The summed E-state index contributed by atoms with van der Waals surface area (Å²) in [7, 11) is 0. The van der Waals surface area contributed by atoms with Crippen LogP contribution in [0.4, 0.5) is 0 Å². The van der Waals surface area contributed by atoms with Gasteiger partial charge in [0.1, 0.15) is 0 Å². The van der Waals surface area contributed by atoms with E-state index in [0.29, 0.717) is 0 Å². The predicted molar refractivity (Wildman–Crippen MR) is 71.4 cm³/mol. The molecule has 0 aliphatic carbocycles. The highest BCUT2D eigenvalue weighted by Gasteiger charge is 2.18. The van der Waals surface area contributed by atoms with Crippen LogP contribution in [0.2, 0.25) is 0 Å². The lowest BCUT2D eigenvalue weighted by Crippen LogP contribution is -2.43. The fourth-order valence-electron chi connectivity index (χ4n) is 2.07. The number of nitrogens with zero attached hydrogens (tertiary/aromatic N) is 1. The largest absolute Gasteiger partial charge is 0.316 e. The van der Waals surface area contributed by atoms with Crippen LogP contribution in [0.15, 0.2) is 35.7 Å². The van der Waals surface area contributed by atoms with Crippen LogP contribution in [0.3, 0.4) is 0 Å². The summed E-state index contributed by atoms with van der Waals surface area (Å²) in [6, 6.07) is 10.6. The molecule has 1 aromatic heterocycles. The first-order chi connectivity index (χ1) is 8.40. The Kier molecular flexibility index (Phi) is 3.20. The van der Waals surface area contributed by atoms with E-state index < -0.39 is 0 Å².